The topological polar surface area (TPSA) is 76.2 Å². The Morgan fingerprint density at radius 1 is 1.21 bits per heavy atom. The second kappa shape index (κ2) is 8.83. The van der Waals surface area contributed by atoms with Gasteiger partial charge in [0.05, 0.1) is 18.6 Å². The molecule has 1 fully saturated rings. The number of carbonyl (C=O) groups excluding carboxylic acids is 1. The molecule has 0 saturated carbocycles. The van der Waals surface area contributed by atoms with Crippen molar-refractivity contribution >= 4 is 45.2 Å². The van der Waals surface area contributed by atoms with Crippen molar-refractivity contribution in [2.75, 3.05) is 29.1 Å². The van der Waals surface area contributed by atoms with Crippen LogP contribution in [0.25, 0.3) is 0 Å². The number of furan rings is 1. The third-order valence-electron chi connectivity index (χ3n) is 4.42. The highest BCUT2D eigenvalue weighted by atomic mass is 79.9. The van der Waals surface area contributed by atoms with Gasteiger partial charge in [0.25, 0.3) is 0 Å². The number of rotatable bonds is 7. The van der Waals surface area contributed by atoms with E-state index in [2.05, 4.69) is 36.3 Å². The van der Waals surface area contributed by atoms with Gasteiger partial charge in [0.2, 0.25) is 11.9 Å². The van der Waals surface area contributed by atoms with E-state index in [4.69, 9.17) is 4.42 Å². The Morgan fingerprint density at radius 2 is 2.07 bits per heavy atom. The Bertz CT molecular complexity index is 938. The first-order valence-electron chi connectivity index (χ1n) is 9.08. The number of anilines is 2. The van der Waals surface area contributed by atoms with Crippen molar-refractivity contribution in [2.45, 2.75) is 24.5 Å². The highest BCUT2D eigenvalue weighted by molar-refractivity contribution is 9.10. The molecular weight excluding hydrogens is 442 g/mol. The van der Waals surface area contributed by atoms with Crippen LogP contribution in [0.3, 0.4) is 0 Å². The standard InChI is InChI=1S/C19H20BrN5O2S/c20-14-5-3-6-15(11-14)21-17(26)13-28-19-23-22-18(24-8-1-2-9-24)25(19)12-16-7-4-10-27-16/h3-7,10-11H,1-2,8-9,12-13H2,(H,21,26). The van der Waals surface area contributed by atoms with Crippen LogP contribution in [0.4, 0.5) is 11.6 Å². The van der Waals surface area contributed by atoms with Crippen molar-refractivity contribution in [3.05, 3.63) is 52.9 Å². The molecule has 7 nitrogen and oxygen atoms in total. The second-order valence-electron chi connectivity index (χ2n) is 6.49. The molecule has 0 atom stereocenters. The second-order valence-corrected chi connectivity index (χ2v) is 8.35. The number of nitrogens with zero attached hydrogens (tertiary/aromatic N) is 4. The maximum atomic E-state index is 12.4. The lowest BCUT2D eigenvalue weighted by Gasteiger charge is -2.17. The summed E-state index contributed by atoms with van der Waals surface area (Å²) >= 11 is 4.79. The quantitative estimate of drug-likeness (QED) is 0.535. The molecule has 1 aromatic carbocycles. The van der Waals surface area contributed by atoms with E-state index < -0.39 is 0 Å². The van der Waals surface area contributed by atoms with Gasteiger partial charge in [0, 0.05) is 23.2 Å². The van der Waals surface area contributed by atoms with Crippen LogP contribution >= 0.6 is 27.7 Å². The lowest BCUT2D eigenvalue weighted by Crippen LogP contribution is -2.22. The molecule has 3 heterocycles. The fraction of sp³-hybridized carbons (Fsp3) is 0.316. The predicted octanol–water partition coefficient (Wildman–Crippen LogP) is 4.01. The number of aromatic nitrogens is 3. The molecule has 1 aliphatic heterocycles. The highest BCUT2D eigenvalue weighted by Gasteiger charge is 2.22. The largest absolute Gasteiger partial charge is 0.467 e. The van der Waals surface area contributed by atoms with Crippen LogP contribution in [-0.2, 0) is 11.3 Å². The lowest BCUT2D eigenvalue weighted by molar-refractivity contribution is -0.113. The average Bonchev–Trinajstić information content (AvgIpc) is 3.43. The Kier molecular flexibility index (Phi) is 6.01. The van der Waals surface area contributed by atoms with E-state index in [1.165, 1.54) is 11.8 Å². The van der Waals surface area contributed by atoms with Crippen LogP contribution in [0.1, 0.15) is 18.6 Å². The van der Waals surface area contributed by atoms with E-state index in [0.29, 0.717) is 11.7 Å². The van der Waals surface area contributed by atoms with Gasteiger partial charge in [-0.25, -0.2) is 0 Å². The van der Waals surface area contributed by atoms with Gasteiger partial charge in [-0.2, -0.15) is 0 Å². The van der Waals surface area contributed by atoms with Gasteiger partial charge in [-0.15, -0.1) is 10.2 Å². The maximum absolute atomic E-state index is 12.4. The molecule has 1 N–H and O–H groups in total. The third kappa shape index (κ3) is 4.59. The number of hydrogen-bond acceptors (Lipinski definition) is 6. The Morgan fingerprint density at radius 3 is 2.82 bits per heavy atom. The number of halogens is 1. The molecule has 1 aliphatic rings. The van der Waals surface area contributed by atoms with Crippen molar-refractivity contribution in [1.82, 2.24) is 14.8 Å². The van der Waals surface area contributed by atoms with Gasteiger partial charge in [0.15, 0.2) is 5.16 Å². The van der Waals surface area contributed by atoms with E-state index in [1.54, 1.807) is 6.26 Å². The summed E-state index contributed by atoms with van der Waals surface area (Å²) in [7, 11) is 0. The summed E-state index contributed by atoms with van der Waals surface area (Å²) in [5.74, 6) is 1.84. The summed E-state index contributed by atoms with van der Waals surface area (Å²) in [5.41, 5.74) is 0.759. The molecule has 0 spiro atoms. The zero-order chi connectivity index (χ0) is 19.3. The monoisotopic (exact) mass is 461 g/mol. The van der Waals surface area contributed by atoms with Crippen molar-refractivity contribution in [3.63, 3.8) is 0 Å². The Hall–Kier alpha value is -2.26. The van der Waals surface area contributed by atoms with Gasteiger partial charge in [-0.3, -0.25) is 9.36 Å². The van der Waals surface area contributed by atoms with Crippen molar-refractivity contribution < 1.29 is 9.21 Å². The van der Waals surface area contributed by atoms with Crippen LogP contribution in [0.15, 0.2) is 56.7 Å². The molecule has 28 heavy (non-hydrogen) atoms. The molecule has 1 amide bonds. The van der Waals surface area contributed by atoms with E-state index in [1.807, 2.05) is 41.0 Å². The number of benzene rings is 1. The number of thioether (sulfide) groups is 1. The summed E-state index contributed by atoms with van der Waals surface area (Å²) in [4.78, 5) is 14.6. The summed E-state index contributed by atoms with van der Waals surface area (Å²) in [6.07, 6.45) is 3.98. The highest BCUT2D eigenvalue weighted by Crippen LogP contribution is 2.26. The number of amides is 1. The first-order valence-corrected chi connectivity index (χ1v) is 10.9. The molecule has 1 saturated heterocycles. The van der Waals surface area contributed by atoms with Gasteiger partial charge in [-0.1, -0.05) is 33.8 Å². The van der Waals surface area contributed by atoms with Crippen molar-refractivity contribution in [3.8, 4) is 0 Å². The van der Waals surface area contributed by atoms with Crippen molar-refractivity contribution in [1.29, 1.82) is 0 Å². The smallest absolute Gasteiger partial charge is 0.234 e. The molecular formula is C19H20BrN5O2S. The van der Waals surface area contributed by atoms with Gasteiger partial charge in [0.1, 0.15) is 5.76 Å². The first-order chi connectivity index (χ1) is 13.7. The number of hydrogen-bond donors (Lipinski definition) is 1. The zero-order valence-electron chi connectivity index (χ0n) is 15.2. The zero-order valence-corrected chi connectivity index (χ0v) is 17.6. The van der Waals surface area contributed by atoms with E-state index in [0.717, 1.165) is 47.8 Å². The summed E-state index contributed by atoms with van der Waals surface area (Å²) in [6.45, 7) is 2.50. The molecule has 3 aromatic rings. The summed E-state index contributed by atoms with van der Waals surface area (Å²) in [5, 5.41) is 12.3. The first kappa shape index (κ1) is 19.1. The third-order valence-corrected chi connectivity index (χ3v) is 5.88. The molecule has 0 aliphatic carbocycles. The maximum Gasteiger partial charge on any atom is 0.234 e. The Balaban J connectivity index is 1.46. The summed E-state index contributed by atoms with van der Waals surface area (Å²) in [6, 6.07) is 11.3. The van der Waals surface area contributed by atoms with Crippen molar-refractivity contribution in [2.24, 2.45) is 0 Å². The fourth-order valence-corrected chi connectivity index (χ4v) is 4.26. The fourth-order valence-electron chi connectivity index (χ4n) is 3.13. The van der Waals surface area contributed by atoms with Crippen LogP contribution in [0, 0.1) is 0 Å². The molecule has 0 unspecified atom stereocenters. The van der Waals surface area contributed by atoms with E-state index in [-0.39, 0.29) is 11.7 Å². The molecule has 0 bridgehead atoms. The average molecular weight is 462 g/mol. The number of carbonyl (C=O) groups is 1. The molecule has 4 rings (SSSR count). The normalized spacial score (nSPS) is 13.8. The van der Waals surface area contributed by atoms with Crippen LogP contribution in [0.5, 0.6) is 0 Å². The minimum absolute atomic E-state index is 0.0848. The van der Waals surface area contributed by atoms with Crippen LogP contribution in [0.2, 0.25) is 0 Å². The van der Waals surface area contributed by atoms with Gasteiger partial charge < -0.3 is 14.6 Å². The predicted molar refractivity (Wildman–Crippen MR) is 113 cm³/mol. The lowest BCUT2D eigenvalue weighted by atomic mass is 10.3. The van der Waals surface area contributed by atoms with E-state index >= 15 is 0 Å². The van der Waals surface area contributed by atoms with Crippen LogP contribution < -0.4 is 10.2 Å². The number of nitrogens with one attached hydrogen (secondary N) is 1. The minimum Gasteiger partial charge on any atom is -0.467 e. The SMILES string of the molecule is O=C(CSc1nnc(N2CCCC2)n1Cc1ccco1)Nc1cccc(Br)c1. The molecule has 2 aromatic heterocycles. The van der Waals surface area contributed by atoms with Gasteiger partial charge in [-0.05, 0) is 43.2 Å². The molecule has 9 heteroatoms. The van der Waals surface area contributed by atoms with E-state index in [9.17, 15) is 4.79 Å². The molecule has 0 radical (unpaired) electrons. The molecule has 146 valence electrons. The Labute approximate surface area is 175 Å². The van der Waals surface area contributed by atoms with Gasteiger partial charge >= 0.3 is 0 Å². The summed E-state index contributed by atoms with van der Waals surface area (Å²) < 4.78 is 8.46. The van der Waals surface area contributed by atoms with Crippen LogP contribution in [-0.4, -0.2) is 39.5 Å². The minimum atomic E-state index is -0.0848.